The van der Waals surface area contributed by atoms with E-state index < -0.39 is 6.10 Å². The number of benzene rings is 1. The number of nitrogens with two attached hydrogens (primary N) is 1. The van der Waals surface area contributed by atoms with Crippen molar-refractivity contribution in [1.29, 1.82) is 0 Å². The first-order valence-electron chi connectivity index (χ1n) is 6.69. The van der Waals surface area contributed by atoms with E-state index in [1.807, 2.05) is 56.3 Å². The van der Waals surface area contributed by atoms with Crippen molar-refractivity contribution in [3.8, 4) is 0 Å². The van der Waals surface area contributed by atoms with E-state index in [0.29, 0.717) is 6.54 Å². The van der Waals surface area contributed by atoms with Crippen molar-refractivity contribution in [2.75, 3.05) is 18.8 Å². The predicted octanol–water partition coefficient (Wildman–Crippen LogP) is 2.28. The number of anilines is 1. The van der Waals surface area contributed by atoms with Gasteiger partial charge in [0.1, 0.15) is 0 Å². The zero-order chi connectivity index (χ0) is 14.1. The third kappa shape index (κ3) is 5.73. The highest BCUT2D eigenvalue weighted by Gasteiger charge is 2.06. The fourth-order valence-electron chi connectivity index (χ4n) is 1.87. The number of hydrogen-bond acceptors (Lipinski definition) is 3. The molecule has 0 spiro atoms. The lowest BCUT2D eigenvalue weighted by molar-refractivity contribution is 0.210. The van der Waals surface area contributed by atoms with E-state index in [1.165, 1.54) is 5.56 Å². The molecule has 0 aliphatic carbocycles. The van der Waals surface area contributed by atoms with Gasteiger partial charge in [0.15, 0.2) is 0 Å². The minimum atomic E-state index is -0.451. The van der Waals surface area contributed by atoms with Gasteiger partial charge in [0.25, 0.3) is 0 Å². The largest absolute Gasteiger partial charge is 0.399 e. The molecule has 1 unspecified atom stereocenters. The summed E-state index contributed by atoms with van der Waals surface area (Å²) >= 11 is 0. The molecule has 0 saturated carbocycles. The smallest absolute Gasteiger partial charge is 0.0911 e. The SMILES string of the molecule is CC=CC(=CC)C(O)CNCCc1ccc(N)cc1. The zero-order valence-electron chi connectivity index (χ0n) is 11.8. The summed E-state index contributed by atoms with van der Waals surface area (Å²) in [5.41, 5.74) is 8.62. The molecule has 0 aliphatic rings. The van der Waals surface area contributed by atoms with E-state index in [-0.39, 0.29) is 0 Å². The topological polar surface area (TPSA) is 58.3 Å². The number of aliphatic hydroxyl groups excluding tert-OH is 1. The third-order valence-corrected chi connectivity index (χ3v) is 2.99. The van der Waals surface area contributed by atoms with Crippen LogP contribution < -0.4 is 11.1 Å². The Labute approximate surface area is 115 Å². The molecule has 1 aromatic carbocycles. The van der Waals surface area contributed by atoms with Gasteiger partial charge < -0.3 is 16.2 Å². The van der Waals surface area contributed by atoms with Gasteiger partial charge in [-0.05, 0) is 50.1 Å². The van der Waals surface area contributed by atoms with E-state index in [0.717, 1.165) is 24.2 Å². The van der Waals surface area contributed by atoms with E-state index in [4.69, 9.17) is 5.73 Å². The fourth-order valence-corrected chi connectivity index (χ4v) is 1.87. The van der Waals surface area contributed by atoms with Crippen LogP contribution in [0.5, 0.6) is 0 Å². The summed E-state index contributed by atoms with van der Waals surface area (Å²) in [6, 6.07) is 7.89. The van der Waals surface area contributed by atoms with Crippen LogP contribution in [0.2, 0.25) is 0 Å². The molecular formula is C16H24N2O. The fraction of sp³-hybridized carbons (Fsp3) is 0.375. The van der Waals surface area contributed by atoms with E-state index in [2.05, 4.69) is 5.32 Å². The Morgan fingerprint density at radius 3 is 2.58 bits per heavy atom. The highest BCUT2D eigenvalue weighted by molar-refractivity contribution is 5.39. The van der Waals surface area contributed by atoms with Crippen molar-refractivity contribution in [2.24, 2.45) is 0 Å². The van der Waals surface area contributed by atoms with Crippen molar-refractivity contribution in [2.45, 2.75) is 26.4 Å². The van der Waals surface area contributed by atoms with Crippen LogP contribution in [0, 0.1) is 0 Å². The summed E-state index contributed by atoms with van der Waals surface area (Å²) in [6.45, 7) is 5.30. The van der Waals surface area contributed by atoms with Crippen molar-refractivity contribution < 1.29 is 5.11 Å². The van der Waals surface area contributed by atoms with Gasteiger partial charge in [0.2, 0.25) is 0 Å². The zero-order valence-corrected chi connectivity index (χ0v) is 11.8. The monoisotopic (exact) mass is 260 g/mol. The Balaban J connectivity index is 2.29. The minimum Gasteiger partial charge on any atom is -0.399 e. The Bertz CT molecular complexity index is 421. The van der Waals surface area contributed by atoms with Crippen LogP contribution >= 0.6 is 0 Å². The molecule has 104 valence electrons. The summed E-state index contributed by atoms with van der Waals surface area (Å²) in [5, 5.41) is 13.2. The van der Waals surface area contributed by atoms with Crippen molar-refractivity contribution >= 4 is 5.69 Å². The quantitative estimate of drug-likeness (QED) is 0.400. The number of nitrogens with one attached hydrogen (secondary N) is 1. The maximum absolute atomic E-state index is 9.98. The summed E-state index contributed by atoms with van der Waals surface area (Å²) < 4.78 is 0. The average Bonchev–Trinajstić information content (AvgIpc) is 2.42. The number of aliphatic hydroxyl groups is 1. The molecule has 1 rings (SSSR count). The van der Waals surface area contributed by atoms with Crippen LogP contribution in [0.3, 0.4) is 0 Å². The first-order valence-corrected chi connectivity index (χ1v) is 6.69. The van der Waals surface area contributed by atoms with Gasteiger partial charge in [-0.25, -0.2) is 0 Å². The second-order valence-electron chi connectivity index (χ2n) is 4.50. The average molecular weight is 260 g/mol. The molecule has 4 N–H and O–H groups in total. The van der Waals surface area contributed by atoms with Crippen LogP contribution in [-0.2, 0) is 6.42 Å². The lowest BCUT2D eigenvalue weighted by atomic mass is 10.1. The standard InChI is InChI=1S/C16H24N2O/c1-3-5-14(4-2)16(19)12-18-11-10-13-6-8-15(17)9-7-13/h3-9,16,18-19H,10-12,17H2,1-2H3. The van der Waals surface area contributed by atoms with Gasteiger partial charge in [0.05, 0.1) is 6.10 Å². The first kappa shape index (κ1) is 15.5. The second-order valence-corrected chi connectivity index (χ2v) is 4.50. The van der Waals surface area contributed by atoms with Crippen LogP contribution in [0.4, 0.5) is 5.69 Å². The molecule has 0 amide bonds. The number of hydrogen-bond donors (Lipinski definition) is 3. The summed E-state index contributed by atoms with van der Waals surface area (Å²) in [4.78, 5) is 0. The Morgan fingerprint density at radius 2 is 2.00 bits per heavy atom. The lowest BCUT2D eigenvalue weighted by Crippen LogP contribution is -2.29. The maximum atomic E-state index is 9.98. The van der Waals surface area contributed by atoms with Crippen LogP contribution in [0.15, 0.2) is 48.1 Å². The lowest BCUT2D eigenvalue weighted by Gasteiger charge is -2.13. The number of nitrogen functional groups attached to an aromatic ring is 1. The Morgan fingerprint density at radius 1 is 1.32 bits per heavy atom. The van der Waals surface area contributed by atoms with Crippen molar-refractivity contribution in [1.82, 2.24) is 5.32 Å². The number of rotatable bonds is 7. The van der Waals surface area contributed by atoms with Crippen LogP contribution in [0.1, 0.15) is 19.4 Å². The van der Waals surface area contributed by atoms with Crippen LogP contribution in [0.25, 0.3) is 0 Å². The summed E-state index contributed by atoms with van der Waals surface area (Å²) in [6.07, 6.45) is 6.29. The van der Waals surface area contributed by atoms with Crippen LogP contribution in [-0.4, -0.2) is 24.3 Å². The molecule has 19 heavy (non-hydrogen) atoms. The molecule has 0 fully saturated rings. The van der Waals surface area contributed by atoms with Crippen molar-refractivity contribution in [3.05, 3.63) is 53.6 Å². The van der Waals surface area contributed by atoms with E-state index in [1.54, 1.807) is 0 Å². The number of allylic oxidation sites excluding steroid dienone is 2. The van der Waals surface area contributed by atoms with E-state index >= 15 is 0 Å². The van der Waals surface area contributed by atoms with Gasteiger partial charge in [-0.2, -0.15) is 0 Å². The molecule has 0 saturated heterocycles. The third-order valence-electron chi connectivity index (χ3n) is 2.99. The molecule has 1 atom stereocenters. The molecule has 0 aromatic heterocycles. The van der Waals surface area contributed by atoms with Crippen molar-refractivity contribution in [3.63, 3.8) is 0 Å². The van der Waals surface area contributed by atoms with Gasteiger partial charge in [-0.3, -0.25) is 0 Å². The molecule has 3 nitrogen and oxygen atoms in total. The van der Waals surface area contributed by atoms with Gasteiger partial charge in [-0.1, -0.05) is 30.4 Å². The van der Waals surface area contributed by atoms with E-state index in [9.17, 15) is 5.11 Å². The molecule has 0 aliphatic heterocycles. The summed E-state index contributed by atoms with van der Waals surface area (Å²) in [5.74, 6) is 0. The molecular weight excluding hydrogens is 236 g/mol. The normalized spacial score (nSPS) is 13.9. The van der Waals surface area contributed by atoms with Gasteiger partial charge >= 0.3 is 0 Å². The minimum absolute atomic E-state index is 0.451. The molecule has 0 heterocycles. The molecule has 1 aromatic rings. The van der Waals surface area contributed by atoms with Gasteiger partial charge in [-0.15, -0.1) is 0 Å². The highest BCUT2D eigenvalue weighted by Crippen LogP contribution is 2.06. The summed E-state index contributed by atoms with van der Waals surface area (Å²) in [7, 11) is 0. The highest BCUT2D eigenvalue weighted by atomic mass is 16.3. The Kier molecular flexibility index (Phi) is 6.93. The maximum Gasteiger partial charge on any atom is 0.0911 e. The van der Waals surface area contributed by atoms with Gasteiger partial charge in [0, 0.05) is 12.2 Å². The Hall–Kier alpha value is -1.58. The molecule has 0 bridgehead atoms. The predicted molar refractivity (Wildman–Crippen MR) is 82.0 cm³/mol. The molecule has 0 radical (unpaired) electrons. The molecule has 3 heteroatoms. The second kappa shape index (κ2) is 8.51. The first-order chi connectivity index (χ1) is 9.17.